The highest BCUT2D eigenvalue weighted by Gasteiger charge is 2.10. The lowest BCUT2D eigenvalue weighted by atomic mass is 10.1. The Hall–Kier alpha value is -2.69. The van der Waals surface area contributed by atoms with Gasteiger partial charge in [-0.25, -0.2) is 14.4 Å². The van der Waals surface area contributed by atoms with E-state index in [4.69, 9.17) is 0 Å². The molecule has 2 aromatic carbocycles. The van der Waals surface area contributed by atoms with Crippen LogP contribution in [-0.4, -0.2) is 19.5 Å². The Morgan fingerprint density at radius 3 is 2.86 bits per heavy atom. The SMILES string of the molecule is CCc1ccc2ncn(-c3nc4ccc(F)cc4[nH]3)c2c1. The molecule has 0 spiro atoms. The first kappa shape index (κ1) is 12.1. The van der Waals surface area contributed by atoms with E-state index in [9.17, 15) is 4.39 Å². The topological polar surface area (TPSA) is 46.5 Å². The number of fused-ring (bicyclic) bond motifs is 2. The molecule has 0 fully saturated rings. The summed E-state index contributed by atoms with van der Waals surface area (Å²) >= 11 is 0. The summed E-state index contributed by atoms with van der Waals surface area (Å²) in [5, 5.41) is 0. The zero-order valence-electron chi connectivity index (χ0n) is 11.5. The van der Waals surface area contributed by atoms with E-state index >= 15 is 0 Å². The Balaban J connectivity index is 1.94. The number of aromatic nitrogens is 4. The Morgan fingerprint density at radius 1 is 1.14 bits per heavy atom. The molecule has 0 saturated carbocycles. The highest BCUT2D eigenvalue weighted by molar-refractivity contribution is 5.80. The molecule has 0 saturated heterocycles. The average molecular weight is 280 g/mol. The number of H-pyrrole nitrogens is 1. The van der Waals surface area contributed by atoms with Crippen molar-refractivity contribution in [3.8, 4) is 5.95 Å². The van der Waals surface area contributed by atoms with Gasteiger partial charge in [-0.3, -0.25) is 4.57 Å². The predicted octanol–water partition coefficient (Wildman–Crippen LogP) is 3.60. The quantitative estimate of drug-likeness (QED) is 0.609. The summed E-state index contributed by atoms with van der Waals surface area (Å²) in [6.07, 6.45) is 2.70. The molecular weight excluding hydrogens is 267 g/mol. The van der Waals surface area contributed by atoms with Crippen molar-refractivity contribution in [3.63, 3.8) is 0 Å². The molecule has 1 N–H and O–H groups in total. The monoisotopic (exact) mass is 280 g/mol. The summed E-state index contributed by atoms with van der Waals surface area (Å²) in [5.74, 6) is 0.368. The molecule has 4 rings (SSSR count). The van der Waals surface area contributed by atoms with Crippen LogP contribution in [0.1, 0.15) is 12.5 Å². The van der Waals surface area contributed by atoms with Crippen molar-refractivity contribution >= 4 is 22.1 Å². The molecule has 0 atom stereocenters. The fourth-order valence-electron chi connectivity index (χ4n) is 2.52. The number of hydrogen-bond donors (Lipinski definition) is 1. The molecule has 2 heterocycles. The summed E-state index contributed by atoms with van der Waals surface area (Å²) in [6, 6.07) is 10.7. The lowest BCUT2D eigenvalue weighted by Gasteiger charge is -2.01. The van der Waals surface area contributed by atoms with Crippen LogP contribution in [0.15, 0.2) is 42.7 Å². The van der Waals surface area contributed by atoms with Crippen LogP contribution in [0.25, 0.3) is 28.0 Å². The van der Waals surface area contributed by atoms with Gasteiger partial charge in [0.2, 0.25) is 5.95 Å². The van der Waals surface area contributed by atoms with Crippen LogP contribution in [0.3, 0.4) is 0 Å². The number of aromatic amines is 1. The highest BCUT2D eigenvalue weighted by atomic mass is 19.1. The molecule has 0 amide bonds. The lowest BCUT2D eigenvalue weighted by molar-refractivity contribution is 0.629. The van der Waals surface area contributed by atoms with Gasteiger partial charge in [-0.1, -0.05) is 13.0 Å². The third-order valence-corrected chi connectivity index (χ3v) is 3.68. The van der Waals surface area contributed by atoms with Crippen LogP contribution in [0.2, 0.25) is 0 Å². The van der Waals surface area contributed by atoms with Gasteiger partial charge < -0.3 is 4.98 Å². The Bertz CT molecular complexity index is 951. The van der Waals surface area contributed by atoms with E-state index in [0.717, 1.165) is 23.0 Å². The smallest absolute Gasteiger partial charge is 0.213 e. The normalized spacial score (nSPS) is 11.5. The number of benzene rings is 2. The van der Waals surface area contributed by atoms with Crippen LogP contribution in [0, 0.1) is 5.82 Å². The number of imidazole rings is 2. The minimum absolute atomic E-state index is 0.276. The summed E-state index contributed by atoms with van der Waals surface area (Å²) in [4.78, 5) is 12.0. The van der Waals surface area contributed by atoms with Crippen LogP contribution in [0.4, 0.5) is 4.39 Å². The van der Waals surface area contributed by atoms with E-state index in [2.05, 4.69) is 34.0 Å². The fourth-order valence-corrected chi connectivity index (χ4v) is 2.52. The molecule has 0 radical (unpaired) electrons. The highest BCUT2D eigenvalue weighted by Crippen LogP contribution is 2.21. The molecule has 0 bridgehead atoms. The van der Waals surface area contributed by atoms with Crippen molar-refractivity contribution in [2.24, 2.45) is 0 Å². The van der Waals surface area contributed by atoms with Crippen molar-refractivity contribution in [3.05, 3.63) is 54.1 Å². The van der Waals surface area contributed by atoms with Crippen molar-refractivity contribution in [2.75, 3.05) is 0 Å². The molecule has 104 valence electrons. The Kier molecular flexibility index (Phi) is 2.54. The van der Waals surface area contributed by atoms with Crippen molar-refractivity contribution < 1.29 is 4.39 Å². The third kappa shape index (κ3) is 1.89. The van der Waals surface area contributed by atoms with Gasteiger partial charge in [0.1, 0.15) is 12.1 Å². The predicted molar refractivity (Wildman–Crippen MR) is 80.1 cm³/mol. The molecule has 0 unspecified atom stereocenters. The van der Waals surface area contributed by atoms with Crippen LogP contribution in [-0.2, 0) is 6.42 Å². The number of aryl methyl sites for hydroxylation is 1. The molecule has 4 aromatic rings. The molecule has 0 aliphatic rings. The van der Waals surface area contributed by atoms with E-state index in [0.29, 0.717) is 11.5 Å². The fraction of sp³-hybridized carbons (Fsp3) is 0.125. The van der Waals surface area contributed by atoms with Gasteiger partial charge in [0.15, 0.2) is 0 Å². The van der Waals surface area contributed by atoms with Gasteiger partial charge in [-0.2, -0.15) is 0 Å². The van der Waals surface area contributed by atoms with Crippen LogP contribution in [0.5, 0.6) is 0 Å². The maximum absolute atomic E-state index is 13.3. The van der Waals surface area contributed by atoms with Gasteiger partial charge in [-0.05, 0) is 42.3 Å². The number of nitrogens with one attached hydrogen (secondary N) is 1. The maximum atomic E-state index is 13.3. The van der Waals surface area contributed by atoms with Gasteiger partial charge in [0.25, 0.3) is 0 Å². The summed E-state index contributed by atoms with van der Waals surface area (Å²) in [7, 11) is 0. The first-order chi connectivity index (χ1) is 10.2. The minimum Gasteiger partial charge on any atom is -0.323 e. The standard InChI is InChI=1S/C16H13FN4/c1-2-10-3-5-13-15(7-10)21(9-18-13)16-19-12-6-4-11(17)8-14(12)20-16/h3-9H,2H2,1H3,(H,19,20). The summed E-state index contributed by atoms with van der Waals surface area (Å²) in [5.41, 5.74) is 4.57. The zero-order valence-corrected chi connectivity index (χ0v) is 11.5. The minimum atomic E-state index is -0.276. The van der Waals surface area contributed by atoms with Crippen molar-refractivity contribution in [1.82, 2.24) is 19.5 Å². The second kappa shape index (κ2) is 4.41. The molecule has 5 heteroatoms. The second-order valence-corrected chi connectivity index (χ2v) is 5.01. The summed E-state index contributed by atoms with van der Waals surface area (Å²) in [6.45, 7) is 2.12. The molecule has 4 nitrogen and oxygen atoms in total. The van der Waals surface area contributed by atoms with E-state index in [1.54, 1.807) is 12.4 Å². The number of nitrogens with zero attached hydrogens (tertiary/aromatic N) is 3. The largest absolute Gasteiger partial charge is 0.323 e. The maximum Gasteiger partial charge on any atom is 0.213 e. The average Bonchev–Trinajstić information content (AvgIpc) is 3.08. The van der Waals surface area contributed by atoms with E-state index in [-0.39, 0.29) is 5.82 Å². The second-order valence-electron chi connectivity index (χ2n) is 5.01. The molecule has 0 aliphatic heterocycles. The number of rotatable bonds is 2. The van der Waals surface area contributed by atoms with Gasteiger partial charge in [0.05, 0.1) is 22.1 Å². The van der Waals surface area contributed by atoms with E-state index in [1.165, 1.54) is 17.7 Å². The van der Waals surface area contributed by atoms with E-state index < -0.39 is 0 Å². The first-order valence-electron chi connectivity index (χ1n) is 6.86. The molecule has 21 heavy (non-hydrogen) atoms. The van der Waals surface area contributed by atoms with Crippen molar-refractivity contribution in [2.45, 2.75) is 13.3 Å². The van der Waals surface area contributed by atoms with Gasteiger partial charge in [0, 0.05) is 0 Å². The lowest BCUT2D eigenvalue weighted by Crippen LogP contribution is -1.94. The van der Waals surface area contributed by atoms with E-state index in [1.807, 2.05) is 10.6 Å². The number of hydrogen-bond acceptors (Lipinski definition) is 2. The summed E-state index contributed by atoms with van der Waals surface area (Å²) < 4.78 is 15.2. The number of halogens is 1. The van der Waals surface area contributed by atoms with Gasteiger partial charge >= 0.3 is 0 Å². The first-order valence-corrected chi connectivity index (χ1v) is 6.86. The van der Waals surface area contributed by atoms with Crippen LogP contribution < -0.4 is 0 Å². The molecule has 0 aliphatic carbocycles. The third-order valence-electron chi connectivity index (χ3n) is 3.68. The zero-order chi connectivity index (χ0) is 14.4. The van der Waals surface area contributed by atoms with Crippen LogP contribution >= 0.6 is 0 Å². The van der Waals surface area contributed by atoms with Gasteiger partial charge in [-0.15, -0.1) is 0 Å². The molecular formula is C16H13FN4. The Morgan fingerprint density at radius 2 is 2.00 bits per heavy atom. The Labute approximate surface area is 120 Å². The molecule has 2 aromatic heterocycles. The van der Waals surface area contributed by atoms with Crippen molar-refractivity contribution in [1.29, 1.82) is 0 Å².